The minimum absolute atomic E-state index is 0.205. The van der Waals surface area contributed by atoms with Crippen molar-refractivity contribution >= 4 is 13.8 Å². The van der Waals surface area contributed by atoms with Gasteiger partial charge in [-0.2, -0.15) is 0 Å². The zero-order chi connectivity index (χ0) is 11.5. The fraction of sp³-hybridized carbons (Fsp3) is 0.125. The lowest BCUT2D eigenvalue weighted by Gasteiger charge is -2.11. The summed E-state index contributed by atoms with van der Waals surface area (Å²) in [7, 11) is -3.24. The number of carbonyl (C=O) groups is 1. The first-order valence-electron chi connectivity index (χ1n) is 3.87. The van der Waals surface area contributed by atoms with Gasteiger partial charge in [0.1, 0.15) is 11.3 Å². The third kappa shape index (κ3) is 3.06. The number of phosphoric acid groups is 1. The van der Waals surface area contributed by atoms with Gasteiger partial charge in [0, 0.05) is 7.11 Å². The molecule has 0 spiro atoms. The van der Waals surface area contributed by atoms with Crippen LogP contribution in [0.2, 0.25) is 0 Å². The van der Waals surface area contributed by atoms with Crippen molar-refractivity contribution in [3.8, 4) is 5.75 Å². The number of rotatable bonds is 4. The molecular weight excluding hydrogens is 223 g/mol. The summed E-state index contributed by atoms with van der Waals surface area (Å²) < 4.78 is 19.8. The van der Waals surface area contributed by atoms with Crippen LogP contribution in [0.4, 0.5) is 0 Å². The van der Waals surface area contributed by atoms with E-state index in [2.05, 4.69) is 9.05 Å². The topological polar surface area (TPSA) is 93.1 Å². The van der Waals surface area contributed by atoms with E-state index in [-0.39, 0.29) is 11.3 Å². The first kappa shape index (κ1) is 11.7. The average molecular weight is 232 g/mol. The summed E-state index contributed by atoms with van der Waals surface area (Å²) >= 11 is 0. The van der Waals surface area contributed by atoms with Gasteiger partial charge in [0.2, 0.25) is 0 Å². The third-order valence-electron chi connectivity index (χ3n) is 1.56. The van der Waals surface area contributed by atoms with Gasteiger partial charge in [-0.3, -0.25) is 9.42 Å². The van der Waals surface area contributed by atoms with Crippen molar-refractivity contribution in [2.45, 2.75) is 0 Å². The van der Waals surface area contributed by atoms with Crippen LogP contribution in [-0.2, 0) is 9.09 Å². The highest BCUT2D eigenvalue weighted by atomic mass is 31.2. The SMILES string of the molecule is COP(=O)(O)Oc1ccccc1C(=O)O. The Morgan fingerprint density at radius 3 is 2.53 bits per heavy atom. The van der Waals surface area contributed by atoms with E-state index >= 15 is 0 Å². The molecule has 0 bridgehead atoms. The monoisotopic (exact) mass is 232 g/mol. The van der Waals surface area contributed by atoms with Gasteiger partial charge in [0.25, 0.3) is 0 Å². The molecule has 82 valence electrons. The summed E-state index contributed by atoms with van der Waals surface area (Å²) in [6.45, 7) is 0. The zero-order valence-corrected chi connectivity index (χ0v) is 8.68. The van der Waals surface area contributed by atoms with Gasteiger partial charge in [-0.25, -0.2) is 9.36 Å². The molecule has 1 atom stereocenters. The standard InChI is InChI=1S/C8H9O6P/c1-13-15(11,12)14-7-5-3-2-4-6(7)8(9)10/h2-5H,1H3,(H,9,10)(H,11,12). The maximum Gasteiger partial charge on any atom is 0.527 e. The summed E-state index contributed by atoms with van der Waals surface area (Å²) in [6.07, 6.45) is 0. The highest BCUT2D eigenvalue weighted by Gasteiger charge is 2.23. The van der Waals surface area contributed by atoms with Crippen molar-refractivity contribution in [3.05, 3.63) is 29.8 Å². The molecule has 0 radical (unpaired) electrons. The molecule has 0 heterocycles. The lowest BCUT2D eigenvalue weighted by molar-refractivity contribution is 0.0694. The largest absolute Gasteiger partial charge is 0.527 e. The molecule has 2 N–H and O–H groups in total. The number of carboxylic acid groups (broad SMARTS) is 1. The maximum absolute atomic E-state index is 11.0. The summed E-state index contributed by atoms with van der Waals surface area (Å²) in [6, 6.07) is 5.49. The molecule has 0 aliphatic rings. The molecular formula is C8H9O6P. The van der Waals surface area contributed by atoms with Crippen molar-refractivity contribution in [2.24, 2.45) is 0 Å². The Kier molecular flexibility index (Phi) is 3.47. The second kappa shape index (κ2) is 4.44. The Hall–Kier alpha value is -1.36. The quantitative estimate of drug-likeness (QED) is 0.764. The molecule has 7 heteroatoms. The number of para-hydroxylation sites is 1. The lowest BCUT2D eigenvalue weighted by Crippen LogP contribution is -2.02. The fourth-order valence-electron chi connectivity index (χ4n) is 0.884. The smallest absolute Gasteiger partial charge is 0.478 e. The maximum atomic E-state index is 11.0. The minimum atomic E-state index is -4.23. The third-order valence-corrected chi connectivity index (χ3v) is 2.45. The lowest BCUT2D eigenvalue weighted by atomic mass is 10.2. The molecule has 1 aromatic rings. The van der Waals surface area contributed by atoms with Crippen LogP contribution >= 0.6 is 7.82 Å². The Labute approximate surface area is 85.7 Å². The van der Waals surface area contributed by atoms with Gasteiger partial charge in [0.15, 0.2) is 0 Å². The molecule has 1 rings (SSSR count). The van der Waals surface area contributed by atoms with E-state index < -0.39 is 13.8 Å². The predicted molar refractivity (Wildman–Crippen MR) is 50.9 cm³/mol. The Morgan fingerprint density at radius 1 is 1.40 bits per heavy atom. The van der Waals surface area contributed by atoms with Crippen molar-refractivity contribution in [3.63, 3.8) is 0 Å². The number of carboxylic acids is 1. The number of hydrogen-bond acceptors (Lipinski definition) is 4. The molecule has 15 heavy (non-hydrogen) atoms. The number of phosphoric ester groups is 1. The number of benzene rings is 1. The van der Waals surface area contributed by atoms with Crippen LogP contribution in [0.25, 0.3) is 0 Å². The Balaban J connectivity index is 3.05. The van der Waals surface area contributed by atoms with E-state index in [1.54, 1.807) is 0 Å². The van der Waals surface area contributed by atoms with Crippen molar-refractivity contribution < 1.29 is 28.4 Å². The minimum Gasteiger partial charge on any atom is -0.478 e. The van der Waals surface area contributed by atoms with Gasteiger partial charge in [0.05, 0.1) is 0 Å². The van der Waals surface area contributed by atoms with E-state index in [0.717, 1.165) is 7.11 Å². The van der Waals surface area contributed by atoms with Gasteiger partial charge >= 0.3 is 13.8 Å². The molecule has 0 saturated heterocycles. The summed E-state index contributed by atoms with van der Waals surface area (Å²) in [5, 5.41) is 8.74. The van der Waals surface area contributed by atoms with Crippen molar-refractivity contribution in [1.29, 1.82) is 0 Å². The van der Waals surface area contributed by atoms with Crippen LogP contribution in [0.5, 0.6) is 5.75 Å². The average Bonchev–Trinajstić information content (AvgIpc) is 2.18. The molecule has 1 aromatic carbocycles. The summed E-state index contributed by atoms with van der Waals surface area (Å²) in [5.41, 5.74) is -0.205. The van der Waals surface area contributed by atoms with E-state index in [4.69, 9.17) is 10.00 Å². The van der Waals surface area contributed by atoms with Crippen LogP contribution < -0.4 is 4.52 Å². The van der Waals surface area contributed by atoms with E-state index in [0.29, 0.717) is 0 Å². The molecule has 1 unspecified atom stereocenters. The van der Waals surface area contributed by atoms with Crippen molar-refractivity contribution in [2.75, 3.05) is 7.11 Å². The molecule has 0 amide bonds. The normalized spacial score (nSPS) is 14.3. The van der Waals surface area contributed by atoms with Gasteiger partial charge in [-0.05, 0) is 12.1 Å². The number of hydrogen-bond donors (Lipinski definition) is 2. The highest BCUT2D eigenvalue weighted by Crippen LogP contribution is 2.43. The van der Waals surface area contributed by atoms with Crippen LogP contribution in [0, 0.1) is 0 Å². The van der Waals surface area contributed by atoms with Crippen LogP contribution in [0.3, 0.4) is 0 Å². The first-order chi connectivity index (χ1) is 6.96. The highest BCUT2D eigenvalue weighted by molar-refractivity contribution is 7.47. The van der Waals surface area contributed by atoms with E-state index in [1.165, 1.54) is 24.3 Å². The van der Waals surface area contributed by atoms with Gasteiger partial charge < -0.3 is 9.63 Å². The van der Waals surface area contributed by atoms with Crippen LogP contribution in [-0.4, -0.2) is 23.1 Å². The molecule has 0 aromatic heterocycles. The van der Waals surface area contributed by atoms with Crippen LogP contribution in [0.1, 0.15) is 10.4 Å². The van der Waals surface area contributed by atoms with Crippen molar-refractivity contribution in [1.82, 2.24) is 0 Å². The first-order valence-corrected chi connectivity index (χ1v) is 5.36. The van der Waals surface area contributed by atoms with Gasteiger partial charge in [-0.15, -0.1) is 0 Å². The second-order valence-electron chi connectivity index (χ2n) is 2.54. The van der Waals surface area contributed by atoms with E-state index in [9.17, 15) is 9.36 Å². The molecule has 0 saturated carbocycles. The molecule has 0 aliphatic heterocycles. The Bertz CT molecular complexity index is 415. The zero-order valence-electron chi connectivity index (χ0n) is 7.78. The Morgan fingerprint density at radius 2 is 2.00 bits per heavy atom. The molecule has 0 fully saturated rings. The van der Waals surface area contributed by atoms with Gasteiger partial charge in [-0.1, -0.05) is 12.1 Å². The predicted octanol–water partition coefficient (Wildman–Crippen LogP) is 1.51. The molecule has 6 nitrogen and oxygen atoms in total. The second-order valence-corrected chi connectivity index (χ2v) is 4.03. The summed E-state index contributed by atoms with van der Waals surface area (Å²) in [4.78, 5) is 19.7. The number of aromatic carboxylic acids is 1. The molecule has 0 aliphatic carbocycles. The van der Waals surface area contributed by atoms with Crippen LogP contribution in [0.15, 0.2) is 24.3 Å². The fourth-order valence-corrected chi connectivity index (χ4v) is 1.37. The summed E-state index contributed by atoms with van der Waals surface area (Å²) in [5.74, 6) is -1.46. The van der Waals surface area contributed by atoms with E-state index in [1.807, 2.05) is 0 Å².